The van der Waals surface area contributed by atoms with Gasteiger partial charge in [-0.1, -0.05) is 37.3 Å². The van der Waals surface area contributed by atoms with Crippen LogP contribution in [-0.2, 0) is 4.79 Å². The van der Waals surface area contributed by atoms with Crippen LogP contribution in [0.2, 0.25) is 0 Å². The monoisotopic (exact) mass is 235 g/mol. The van der Waals surface area contributed by atoms with Crippen LogP contribution in [-0.4, -0.2) is 37.5 Å². The number of rotatable bonds is 6. The van der Waals surface area contributed by atoms with E-state index in [1.165, 1.54) is 0 Å². The Morgan fingerprint density at radius 3 is 2.59 bits per heavy atom. The van der Waals surface area contributed by atoms with E-state index in [2.05, 4.69) is 5.32 Å². The molecule has 0 aliphatic rings. The molecule has 1 rings (SSSR count). The highest BCUT2D eigenvalue weighted by atomic mass is 16.2. The molecule has 1 aromatic carbocycles. The molecule has 1 amide bonds. The summed E-state index contributed by atoms with van der Waals surface area (Å²) in [6.45, 7) is 3.82. The van der Waals surface area contributed by atoms with Crippen molar-refractivity contribution in [2.75, 3.05) is 26.7 Å². The fourth-order valence-electron chi connectivity index (χ4n) is 1.72. The average molecular weight is 235 g/mol. The molecule has 0 saturated heterocycles. The molecule has 0 heterocycles. The van der Waals surface area contributed by atoms with E-state index in [9.17, 15) is 4.79 Å². The van der Waals surface area contributed by atoms with Gasteiger partial charge in [0.15, 0.2) is 0 Å². The van der Waals surface area contributed by atoms with Crippen LogP contribution in [0.1, 0.15) is 18.5 Å². The zero-order chi connectivity index (χ0) is 12.7. The summed E-state index contributed by atoms with van der Waals surface area (Å²) in [5, 5.41) is 2.84. The molecular formula is C13H21N3O. The molecule has 1 unspecified atom stereocenters. The summed E-state index contributed by atoms with van der Waals surface area (Å²) in [4.78, 5) is 14.1. The van der Waals surface area contributed by atoms with E-state index >= 15 is 0 Å². The van der Waals surface area contributed by atoms with Crippen molar-refractivity contribution in [3.8, 4) is 0 Å². The molecule has 4 heteroatoms. The fourth-order valence-corrected chi connectivity index (χ4v) is 1.72. The lowest BCUT2D eigenvalue weighted by Gasteiger charge is -2.26. The number of nitrogens with zero attached hydrogens (tertiary/aromatic N) is 1. The third-order valence-corrected chi connectivity index (χ3v) is 2.75. The van der Waals surface area contributed by atoms with Gasteiger partial charge in [-0.3, -0.25) is 9.69 Å². The van der Waals surface area contributed by atoms with Gasteiger partial charge in [0.2, 0.25) is 5.91 Å². The van der Waals surface area contributed by atoms with Gasteiger partial charge in [0.05, 0.1) is 0 Å². The van der Waals surface area contributed by atoms with Gasteiger partial charge in [-0.15, -0.1) is 0 Å². The first-order valence-corrected chi connectivity index (χ1v) is 5.93. The van der Waals surface area contributed by atoms with Crippen molar-refractivity contribution in [3.05, 3.63) is 35.9 Å². The van der Waals surface area contributed by atoms with Crippen LogP contribution in [0, 0.1) is 0 Å². The zero-order valence-electron chi connectivity index (χ0n) is 10.5. The third kappa shape index (κ3) is 3.84. The Bertz CT molecular complexity index is 340. The van der Waals surface area contributed by atoms with E-state index in [1.54, 1.807) is 0 Å². The topological polar surface area (TPSA) is 58.4 Å². The molecule has 17 heavy (non-hydrogen) atoms. The lowest BCUT2D eigenvalue weighted by atomic mass is 10.0. The molecule has 1 aromatic rings. The number of nitrogens with one attached hydrogen (secondary N) is 1. The van der Waals surface area contributed by atoms with Gasteiger partial charge in [0.25, 0.3) is 0 Å². The second-order valence-corrected chi connectivity index (χ2v) is 3.97. The third-order valence-electron chi connectivity index (χ3n) is 2.75. The molecule has 0 radical (unpaired) electrons. The summed E-state index contributed by atoms with van der Waals surface area (Å²) in [6.07, 6.45) is 0. The number of carbonyl (C=O) groups excluding carboxylic acids is 1. The maximum Gasteiger partial charge on any atom is 0.241 e. The summed E-state index contributed by atoms with van der Waals surface area (Å²) >= 11 is 0. The minimum absolute atomic E-state index is 0.00556. The molecule has 0 saturated carbocycles. The van der Waals surface area contributed by atoms with Crippen molar-refractivity contribution in [2.45, 2.75) is 13.0 Å². The molecule has 3 N–H and O–H groups in total. The zero-order valence-corrected chi connectivity index (χ0v) is 10.5. The van der Waals surface area contributed by atoms with Crippen molar-refractivity contribution in [1.29, 1.82) is 0 Å². The predicted molar refractivity (Wildman–Crippen MR) is 69.6 cm³/mol. The largest absolute Gasteiger partial charge is 0.353 e. The maximum atomic E-state index is 12.1. The summed E-state index contributed by atoms with van der Waals surface area (Å²) < 4.78 is 0. The summed E-state index contributed by atoms with van der Waals surface area (Å²) in [5.74, 6) is 0.00556. The van der Waals surface area contributed by atoms with Gasteiger partial charge in [-0.25, -0.2) is 0 Å². The molecule has 0 aromatic heterocycles. The first kappa shape index (κ1) is 13.7. The Hall–Kier alpha value is -1.39. The van der Waals surface area contributed by atoms with Crippen LogP contribution < -0.4 is 11.1 Å². The second-order valence-electron chi connectivity index (χ2n) is 3.97. The van der Waals surface area contributed by atoms with E-state index in [-0.39, 0.29) is 11.9 Å². The van der Waals surface area contributed by atoms with Gasteiger partial charge in [-0.05, 0) is 19.2 Å². The average Bonchev–Trinajstić information content (AvgIpc) is 2.37. The molecule has 0 bridgehead atoms. The number of nitrogens with two attached hydrogens (primary N) is 1. The van der Waals surface area contributed by atoms with E-state index in [0.717, 1.165) is 12.1 Å². The van der Waals surface area contributed by atoms with Crippen LogP contribution in [0.4, 0.5) is 0 Å². The minimum Gasteiger partial charge on any atom is -0.353 e. The summed E-state index contributed by atoms with van der Waals surface area (Å²) in [6, 6.07) is 9.54. The molecule has 0 aliphatic heterocycles. The number of benzene rings is 1. The van der Waals surface area contributed by atoms with Gasteiger partial charge in [0.1, 0.15) is 6.04 Å². The quantitative estimate of drug-likeness (QED) is 0.765. The summed E-state index contributed by atoms with van der Waals surface area (Å²) in [7, 11) is 1.94. The fraction of sp³-hybridized carbons (Fsp3) is 0.462. The smallest absolute Gasteiger partial charge is 0.241 e. The molecule has 1 atom stereocenters. The molecule has 0 aliphatic carbocycles. The number of amides is 1. The van der Waals surface area contributed by atoms with Crippen molar-refractivity contribution in [2.24, 2.45) is 5.73 Å². The lowest BCUT2D eigenvalue weighted by molar-refractivity contribution is -0.126. The van der Waals surface area contributed by atoms with Crippen LogP contribution >= 0.6 is 0 Å². The second kappa shape index (κ2) is 7.04. The van der Waals surface area contributed by atoms with E-state index in [4.69, 9.17) is 5.73 Å². The SMILES string of the molecule is CCN(C)C(C(=O)NCCN)c1ccccc1. The first-order chi connectivity index (χ1) is 8.20. The van der Waals surface area contributed by atoms with E-state index < -0.39 is 0 Å². The number of hydrogen-bond donors (Lipinski definition) is 2. The van der Waals surface area contributed by atoms with E-state index in [1.807, 2.05) is 49.2 Å². The highest BCUT2D eigenvalue weighted by molar-refractivity contribution is 5.83. The molecule has 0 spiro atoms. The minimum atomic E-state index is -0.243. The van der Waals surface area contributed by atoms with Gasteiger partial charge >= 0.3 is 0 Å². The Balaban J connectivity index is 2.85. The van der Waals surface area contributed by atoms with E-state index in [0.29, 0.717) is 13.1 Å². The van der Waals surface area contributed by atoms with Crippen LogP contribution in [0.15, 0.2) is 30.3 Å². The summed E-state index contributed by atoms with van der Waals surface area (Å²) in [5.41, 5.74) is 6.40. The van der Waals surface area contributed by atoms with Crippen molar-refractivity contribution in [3.63, 3.8) is 0 Å². The highest BCUT2D eigenvalue weighted by Crippen LogP contribution is 2.18. The molecule has 0 fully saturated rings. The number of carbonyl (C=O) groups is 1. The Morgan fingerprint density at radius 2 is 2.06 bits per heavy atom. The van der Waals surface area contributed by atoms with Gasteiger partial charge in [-0.2, -0.15) is 0 Å². The first-order valence-electron chi connectivity index (χ1n) is 5.93. The van der Waals surface area contributed by atoms with Crippen LogP contribution in [0.3, 0.4) is 0 Å². The van der Waals surface area contributed by atoms with Gasteiger partial charge < -0.3 is 11.1 Å². The molecule has 4 nitrogen and oxygen atoms in total. The highest BCUT2D eigenvalue weighted by Gasteiger charge is 2.23. The lowest BCUT2D eigenvalue weighted by Crippen LogP contribution is -2.40. The normalized spacial score (nSPS) is 12.5. The van der Waals surface area contributed by atoms with Crippen molar-refractivity contribution < 1.29 is 4.79 Å². The van der Waals surface area contributed by atoms with Crippen molar-refractivity contribution in [1.82, 2.24) is 10.2 Å². The standard InChI is InChI=1S/C13H21N3O/c1-3-16(2)12(13(17)15-10-9-14)11-7-5-4-6-8-11/h4-8,12H,3,9-10,14H2,1-2H3,(H,15,17). The van der Waals surface area contributed by atoms with Crippen LogP contribution in [0.5, 0.6) is 0 Å². The van der Waals surface area contributed by atoms with Gasteiger partial charge in [0, 0.05) is 13.1 Å². The number of hydrogen-bond acceptors (Lipinski definition) is 3. The molecule has 94 valence electrons. The Labute approximate surface area is 103 Å². The van der Waals surface area contributed by atoms with Crippen molar-refractivity contribution >= 4 is 5.91 Å². The number of likely N-dealkylation sites (N-methyl/N-ethyl adjacent to an activating group) is 1. The molecular weight excluding hydrogens is 214 g/mol. The maximum absolute atomic E-state index is 12.1. The Kier molecular flexibility index (Phi) is 5.66. The Morgan fingerprint density at radius 1 is 1.41 bits per heavy atom. The van der Waals surface area contributed by atoms with Crippen LogP contribution in [0.25, 0.3) is 0 Å². The predicted octanol–water partition coefficient (Wildman–Crippen LogP) is 0.754.